The van der Waals surface area contributed by atoms with Gasteiger partial charge in [-0.1, -0.05) is 0 Å². The van der Waals surface area contributed by atoms with Crippen molar-refractivity contribution in [2.24, 2.45) is 12.0 Å². The summed E-state index contributed by atoms with van der Waals surface area (Å²) in [5, 5.41) is 7.90. The number of rotatable bonds is 7. The van der Waals surface area contributed by atoms with Crippen molar-refractivity contribution < 1.29 is 9.15 Å². The van der Waals surface area contributed by atoms with Crippen molar-refractivity contribution in [2.75, 3.05) is 59.0 Å². The summed E-state index contributed by atoms with van der Waals surface area (Å²) in [7, 11) is 1.98. The molecule has 1 N–H and O–H groups in total. The van der Waals surface area contributed by atoms with Crippen LogP contribution in [0.15, 0.2) is 40.2 Å². The van der Waals surface area contributed by atoms with Gasteiger partial charge in [-0.2, -0.15) is 5.10 Å². The average Bonchev–Trinajstić information content (AvgIpc) is 3.49. The zero-order chi connectivity index (χ0) is 19.9. The van der Waals surface area contributed by atoms with Crippen molar-refractivity contribution >= 4 is 5.96 Å². The zero-order valence-corrected chi connectivity index (χ0v) is 17.3. The van der Waals surface area contributed by atoms with Crippen LogP contribution in [0.2, 0.25) is 0 Å². The first-order valence-corrected chi connectivity index (χ1v) is 10.6. The van der Waals surface area contributed by atoms with Gasteiger partial charge in [-0.3, -0.25) is 14.6 Å². The number of aryl methyl sites for hydroxylation is 1. The number of ether oxygens (including phenoxy) is 1. The summed E-state index contributed by atoms with van der Waals surface area (Å²) in [5.74, 6) is 2.52. The second kappa shape index (κ2) is 9.93. The lowest BCUT2D eigenvalue weighted by atomic mass is 10.0. The molecule has 1 unspecified atom stereocenters. The van der Waals surface area contributed by atoms with Crippen molar-refractivity contribution in [3.63, 3.8) is 0 Å². The van der Waals surface area contributed by atoms with E-state index in [0.29, 0.717) is 5.92 Å². The van der Waals surface area contributed by atoms with Crippen molar-refractivity contribution in [3.8, 4) is 0 Å². The first-order valence-electron chi connectivity index (χ1n) is 10.6. The third-order valence-electron chi connectivity index (χ3n) is 5.70. The number of likely N-dealkylation sites (tertiary alicyclic amines) is 1. The molecule has 0 aromatic carbocycles. The number of nitrogens with zero attached hydrogens (tertiary/aromatic N) is 5. The Hall–Kier alpha value is -2.32. The molecule has 1 atom stereocenters. The van der Waals surface area contributed by atoms with Crippen LogP contribution < -0.4 is 5.32 Å². The predicted molar refractivity (Wildman–Crippen MR) is 112 cm³/mol. The van der Waals surface area contributed by atoms with Gasteiger partial charge in [-0.25, -0.2) is 0 Å². The SMILES string of the molecule is Cn1cc(C2CCN(C(=NCCN3CCOCC3)NCCc3ccco3)C2)cn1. The van der Waals surface area contributed by atoms with Crippen LogP contribution >= 0.6 is 0 Å². The molecule has 158 valence electrons. The molecule has 2 fully saturated rings. The van der Waals surface area contributed by atoms with Crippen LogP contribution in [0.5, 0.6) is 0 Å². The smallest absolute Gasteiger partial charge is 0.194 e. The molecule has 29 heavy (non-hydrogen) atoms. The summed E-state index contributed by atoms with van der Waals surface area (Å²) in [4.78, 5) is 9.76. The first-order chi connectivity index (χ1) is 14.3. The minimum atomic E-state index is 0.514. The molecule has 0 spiro atoms. The molecule has 2 aromatic heterocycles. The van der Waals surface area contributed by atoms with Crippen molar-refractivity contribution in [1.82, 2.24) is 24.9 Å². The molecule has 4 rings (SSSR count). The highest BCUT2D eigenvalue weighted by Gasteiger charge is 2.27. The van der Waals surface area contributed by atoms with Crippen LogP contribution in [0.3, 0.4) is 0 Å². The summed E-state index contributed by atoms with van der Waals surface area (Å²) in [6.45, 7) is 8.27. The van der Waals surface area contributed by atoms with Crippen LogP contribution in [-0.2, 0) is 18.2 Å². The standard InChI is InChI=1S/C21H32N6O2/c1-25-16-19(15-24-25)18-5-8-27(17-18)21(22-6-4-20-3-2-12-29-20)23-7-9-26-10-13-28-14-11-26/h2-3,12,15-16,18H,4-11,13-14,17H2,1H3,(H,22,23). The molecular weight excluding hydrogens is 368 g/mol. The molecule has 8 heteroatoms. The lowest BCUT2D eigenvalue weighted by Gasteiger charge is -2.26. The van der Waals surface area contributed by atoms with Gasteiger partial charge in [0.2, 0.25) is 0 Å². The lowest BCUT2D eigenvalue weighted by Crippen LogP contribution is -2.42. The molecule has 0 radical (unpaired) electrons. The van der Waals surface area contributed by atoms with Gasteiger partial charge in [0.15, 0.2) is 5.96 Å². The van der Waals surface area contributed by atoms with E-state index in [1.54, 1.807) is 6.26 Å². The van der Waals surface area contributed by atoms with Gasteiger partial charge in [0.1, 0.15) is 5.76 Å². The number of morpholine rings is 1. The maximum Gasteiger partial charge on any atom is 0.194 e. The fourth-order valence-electron chi connectivity index (χ4n) is 4.02. The Kier molecular flexibility index (Phi) is 6.84. The van der Waals surface area contributed by atoms with Crippen LogP contribution in [0.25, 0.3) is 0 Å². The summed E-state index contributed by atoms with van der Waals surface area (Å²) in [5.41, 5.74) is 1.32. The number of hydrogen-bond acceptors (Lipinski definition) is 5. The van der Waals surface area contributed by atoms with Crippen molar-refractivity contribution in [3.05, 3.63) is 42.1 Å². The second-order valence-electron chi connectivity index (χ2n) is 7.79. The van der Waals surface area contributed by atoms with E-state index in [4.69, 9.17) is 14.1 Å². The van der Waals surface area contributed by atoms with E-state index in [1.807, 2.05) is 30.1 Å². The van der Waals surface area contributed by atoms with E-state index < -0.39 is 0 Å². The Balaban J connectivity index is 1.34. The van der Waals surface area contributed by atoms with Gasteiger partial charge in [0.05, 0.1) is 32.2 Å². The quantitative estimate of drug-likeness (QED) is 0.558. The summed E-state index contributed by atoms with van der Waals surface area (Å²) in [6, 6.07) is 3.96. The van der Waals surface area contributed by atoms with E-state index in [9.17, 15) is 0 Å². The summed E-state index contributed by atoms with van der Waals surface area (Å²) < 4.78 is 12.8. The van der Waals surface area contributed by atoms with Gasteiger partial charge >= 0.3 is 0 Å². The molecule has 2 saturated heterocycles. The molecule has 2 aliphatic heterocycles. The van der Waals surface area contributed by atoms with Crippen molar-refractivity contribution in [1.29, 1.82) is 0 Å². The van der Waals surface area contributed by atoms with E-state index in [1.165, 1.54) is 5.56 Å². The molecule has 8 nitrogen and oxygen atoms in total. The summed E-state index contributed by atoms with van der Waals surface area (Å²) >= 11 is 0. The Morgan fingerprint density at radius 1 is 1.31 bits per heavy atom. The molecular formula is C21H32N6O2. The van der Waals surface area contributed by atoms with Crippen LogP contribution in [-0.4, -0.2) is 84.6 Å². The van der Waals surface area contributed by atoms with E-state index in [2.05, 4.69) is 26.4 Å². The van der Waals surface area contributed by atoms with Gasteiger partial charge in [0.25, 0.3) is 0 Å². The van der Waals surface area contributed by atoms with Crippen LogP contribution in [0, 0.1) is 0 Å². The minimum Gasteiger partial charge on any atom is -0.469 e. The zero-order valence-electron chi connectivity index (χ0n) is 17.3. The molecule has 2 aromatic rings. The minimum absolute atomic E-state index is 0.514. The van der Waals surface area contributed by atoms with Gasteiger partial charge in [-0.05, 0) is 24.1 Å². The van der Waals surface area contributed by atoms with Crippen molar-refractivity contribution in [2.45, 2.75) is 18.8 Å². The highest BCUT2D eigenvalue weighted by molar-refractivity contribution is 5.80. The monoisotopic (exact) mass is 400 g/mol. The molecule has 0 amide bonds. The highest BCUT2D eigenvalue weighted by Crippen LogP contribution is 2.26. The maximum absolute atomic E-state index is 5.46. The van der Waals surface area contributed by atoms with Gasteiger partial charge < -0.3 is 19.4 Å². The highest BCUT2D eigenvalue weighted by atomic mass is 16.5. The second-order valence-corrected chi connectivity index (χ2v) is 7.79. The fourth-order valence-corrected chi connectivity index (χ4v) is 4.02. The largest absolute Gasteiger partial charge is 0.469 e. The van der Waals surface area contributed by atoms with Crippen LogP contribution in [0.1, 0.15) is 23.7 Å². The van der Waals surface area contributed by atoms with Gasteiger partial charge in [-0.15, -0.1) is 0 Å². The number of guanidine groups is 1. The first kappa shape index (κ1) is 20.0. The number of nitrogens with one attached hydrogen (secondary N) is 1. The fraction of sp³-hybridized carbons (Fsp3) is 0.619. The number of aliphatic imine (C=N–C) groups is 1. The Morgan fingerprint density at radius 3 is 2.97 bits per heavy atom. The molecule has 4 heterocycles. The van der Waals surface area contributed by atoms with E-state index in [-0.39, 0.29) is 0 Å². The summed E-state index contributed by atoms with van der Waals surface area (Å²) in [6.07, 6.45) is 7.84. The number of furan rings is 1. The molecule has 2 aliphatic rings. The maximum atomic E-state index is 5.46. The number of aromatic nitrogens is 2. The average molecular weight is 401 g/mol. The van der Waals surface area contributed by atoms with Crippen LogP contribution in [0.4, 0.5) is 0 Å². The molecule has 0 bridgehead atoms. The molecule has 0 aliphatic carbocycles. The Bertz CT molecular complexity index is 766. The predicted octanol–water partition coefficient (Wildman–Crippen LogP) is 1.32. The topological polar surface area (TPSA) is 71.1 Å². The third-order valence-corrected chi connectivity index (χ3v) is 5.70. The Morgan fingerprint density at radius 2 is 2.21 bits per heavy atom. The Labute approximate surface area is 172 Å². The molecule has 0 saturated carbocycles. The number of hydrogen-bond donors (Lipinski definition) is 1. The lowest BCUT2D eigenvalue weighted by molar-refractivity contribution is 0.0394. The van der Waals surface area contributed by atoms with Gasteiger partial charge in [0, 0.05) is 64.9 Å². The normalized spacial score (nSPS) is 21.1. The third kappa shape index (κ3) is 5.61. The van der Waals surface area contributed by atoms with E-state index in [0.717, 1.165) is 83.6 Å². The van der Waals surface area contributed by atoms with E-state index >= 15 is 0 Å².